The van der Waals surface area contributed by atoms with E-state index in [9.17, 15) is 4.79 Å². The summed E-state index contributed by atoms with van der Waals surface area (Å²) < 4.78 is 7.04. The predicted octanol–water partition coefficient (Wildman–Crippen LogP) is 0.128. The number of fused-ring (bicyclic) bond motifs is 3. The normalized spacial score (nSPS) is 20.3. The van der Waals surface area contributed by atoms with Crippen molar-refractivity contribution in [1.82, 2.24) is 19.9 Å². The molecule has 126 valence electrons. The Kier molecular flexibility index (Phi) is 3.58. The number of primary amides is 1. The van der Waals surface area contributed by atoms with E-state index >= 15 is 0 Å². The SMILES string of the molecule is Cc1ccc2c(c1)NC(N1CCOCC1)Nc1c(C(N)=O)nnn1-2. The number of anilines is 2. The van der Waals surface area contributed by atoms with Gasteiger partial charge in [-0.1, -0.05) is 11.3 Å². The molecule has 3 heterocycles. The first-order valence-electron chi connectivity index (χ1n) is 7.85. The Morgan fingerprint density at radius 2 is 2.12 bits per heavy atom. The van der Waals surface area contributed by atoms with E-state index in [1.54, 1.807) is 4.68 Å². The fraction of sp³-hybridized carbons (Fsp3) is 0.400. The Bertz CT molecular complexity index is 782. The standard InChI is InChI=1S/C15H19N7O2/c1-9-2-3-11-10(8-9)17-15(21-4-6-24-7-5-21)18-14-12(13(16)23)19-20-22(11)14/h2-3,8,15,17-18H,4-7H2,1H3,(H2,16,23). The molecule has 2 aliphatic rings. The van der Waals surface area contributed by atoms with Crippen molar-refractivity contribution in [3.05, 3.63) is 29.5 Å². The van der Waals surface area contributed by atoms with Crippen LogP contribution in [0.15, 0.2) is 18.2 Å². The topological polar surface area (TPSA) is 110 Å². The third-order valence-electron chi connectivity index (χ3n) is 4.26. The lowest BCUT2D eigenvalue weighted by atomic mass is 10.2. The molecule has 0 radical (unpaired) electrons. The number of nitrogens with one attached hydrogen (secondary N) is 2. The molecule has 0 aliphatic carbocycles. The van der Waals surface area contributed by atoms with Gasteiger partial charge in [-0.15, -0.1) is 5.10 Å². The zero-order valence-electron chi connectivity index (χ0n) is 13.3. The summed E-state index contributed by atoms with van der Waals surface area (Å²) in [6, 6.07) is 5.99. The van der Waals surface area contributed by atoms with E-state index in [1.165, 1.54) is 0 Å². The summed E-state index contributed by atoms with van der Waals surface area (Å²) in [5, 5.41) is 14.9. The van der Waals surface area contributed by atoms with Gasteiger partial charge >= 0.3 is 0 Å². The van der Waals surface area contributed by atoms with Crippen molar-refractivity contribution in [3.8, 4) is 5.69 Å². The number of amides is 1. The molecule has 1 fully saturated rings. The maximum atomic E-state index is 11.7. The highest BCUT2D eigenvalue weighted by Gasteiger charge is 2.30. The molecule has 1 saturated heterocycles. The molecule has 2 aromatic rings. The van der Waals surface area contributed by atoms with Crippen LogP contribution in [0.3, 0.4) is 0 Å². The van der Waals surface area contributed by atoms with Crippen molar-refractivity contribution in [2.75, 3.05) is 36.9 Å². The van der Waals surface area contributed by atoms with Gasteiger partial charge in [-0.2, -0.15) is 4.68 Å². The molecule has 4 N–H and O–H groups in total. The minimum Gasteiger partial charge on any atom is -0.379 e. The van der Waals surface area contributed by atoms with Crippen molar-refractivity contribution >= 4 is 17.4 Å². The molecule has 0 saturated carbocycles. The van der Waals surface area contributed by atoms with Gasteiger partial charge in [0.05, 0.1) is 24.6 Å². The molecule has 0 spiro atoms. The monoisotopic (exact) mass is 329 g/mol. The highest BCUT2D eigenvalue weighted by atomic mass is 16.5. The van der Waals surface area contributed by atoms with Gasteiger partial charge in [-0.05, 0) is 24.6 Å². The Balaban J connectivity index is 1.82. The van der Waals surface area contributed by atoms with Crippen molar-refractivity contribution < 1.29 is 9.53 Å². The van der Waals surface area contributed by atoms with Crippen LogP contribution in [-0.2, 0) is 4.74 Å². The predicted molar refractivity (Wildman–Crippen MR) is 88.0 cm³/mol. The van der Waals surface area contributed by atoms with Gasteiger partial charge in [0.25, 0.3) is 5.91 Å². The van der Waals surface area contributed by atoms with E-state index in [0.29, 0.717) is 19.0 Å². The number of ether oxygens (including phenoxy) is 1. The van der Waals surface area contributed by atoms with Crippen LogP contribution in [0, 0.1) is 6.92 Å². The van der Waals surface area contributed by atoms with Crippen LogP contribution in [-0.4, -0.2) is 58.4 Å². The second-order valence-corrected chi connectivity index (χ2v) is 5.92. The van der Waals surface area contributed by atoms with Gasteiger partial charge < -0.3 is 21.1 Å². The molecule has 1 unspecified atom stereocenters. The number of nitrogens with two attached hydrogens (primary N) is 1. The van der Waals surface area contributed by atoms with Crippen molar-refractivity contribution in [3.63, 3.8) is 0 Å². The highest BCUT2D eigenvalue weighted by Crippen LogP contribution is 2.30. The highest BCUT2D eigenvalue weighted by molar-refractivity contribution is 5.96. The zero-order valence-corrected chi connectivity index (χ0v) is 13.3. The Morgan fingerprint density at radius 3 is 2.88 bits per heavy atom. The van der Waals surface area contributed by atoms with Crippen molar-refractivity contribution in [2.45, 2.75) is 13.2 Å². The number of hydrogen-bond acceptors (Lipinski definition) is 7. The average molecular weight is 329 g/mol. The second-order valence-electron chi connectivity index (χ2n) is 5.92. The van der Waals surface area contributed by atoms with Crippen LogP contribution in [0.2, 0.25) is 0 Å². The fourth-order valence-corrected chi connectivity index (χ4v) is 3.03. The van der Waals surface area contributed by atoms with E-state index < -0.39 is 5.91 Å². The number of morpholine rings is 1. The second kappa shape index (κ2) is 5.77. The van der Waals surface area contributed by atoms with Gasteiger partial charge in [-0.3, -0.25) is 9.69 Å². The van der Waals surface area contributed by atoms with E-state index in [4.69, 9.17) is 10.5 Å². The number of aromatic nitrogens is 3. The number of carbonyl (C=O) groups excluding carboxylic acids is 1. The molecule has 0 bridgehead atoms. The molecule has 1 aromatic heterocycles. The number of benzene rings is 1. The van der Waals surface area contributed by atoms with E-state index in [2.05, 4.69) is 25.8 Å². The minimum absolute atomic E-state index is 0.128. The van der Waals surface area contributed by atoms with Gasteiger partial charge in [0.2, 0.25) is 0 Å². The Hall–Kier alpha value is -2.65. The van der Waals surface area contributed by atoms with Crippen LogP contribution in [0.4, 0.5) is 11.5 Å². The lowest BCUT2D eigenvalue weighted by molar-refractivity contribution is 0.0270. The van der Waals surface area contributed by atoms with Gasteiger partial charge in [-0.25, -0.2) is 0 Å². The first-order valence-corrected chi connectivity index (χ1v) is 7.85. The number of nitrogens with zero attached hydrogens (tertiary/aromatic N) is 4. The first kappa shape index (κ1) is 14.9. The van der Waals surface area contributed by atoms with E-state index in [1.807, 2.05) is 25.1 Å². The van der Waals surface area contributed by atoms with E-state index in [0.717, 1.165) is 30.0 Å². The minimum atomic E-state index is -0.611. The van der Waals surface area contributed by atoms with Crippen LogP contribution in [0.5, 0.6) is 0 Å². The summed E-state index contributed by atoms with van der Waals surface area (Å²) in [5.41, 5.74) is 8.44. The summed E-state index contributed by atoms with van der Waals surface area (Å²) >= 11 is 0. The molecular weight excluding hydrogens is 310 g/mol. The molecule has 2 aliphatic heterocycles. The summed E-state index contributed by atoms with van der Waals surface area (Å²) in [6.07, 6.45) is -0.215. The van der Waals surface area contributed by atoms with Crippen LogP contribution < -0.4 is 16.4 Å². The van der Waals surface area contributed by atoms with Crippen molar-refractivity contribution in [2.24, 2.45) is 5.73 Å². The Morgan fingerprint density at radius 1 is 1.33 bits per heavy atom. The maximum absolute atomic E-state index is 11.7. The molecule has 1 aromatic carbocycles. The summed E-state index contributed by atoms with van der Waals surface area (Å²) in [7, 11) is 0. The number of carbonyl (C=O) groups is 1. The fourth-order valence-electron chi connectivity index (χ4n) is 3.03. The molecule has 9 heteroatoms. The van der Waals surface area contributed by atoms with Gasteiger partial charge in [0.1, 0.15) is 0 Å². The van der Waals surface area contributed by atoms with Crippen LogP contribution in [0.25, 0.3) is 5.69 Å². The first-order chi connectivity index (χ1) is 11.6. The van der Waals surface area contributed by atoms with Crippen molar-refractivity contribution in [1.29, 1.82) is 0 Å². The average Bonchev–Trinajstić information content (AvgIpc) is 2.92. The molecule has 1 amide bonds. The maximum Gasteiger partial charge on any atom is 0.273 e. The quantitative estimate of drug-likeness (QED) is 0.718. The summed E-state index contributed by atoms with van der Waals surface area (Å²) in [6.45, 7) is 4.92. The van der Waals surface area contributed by atoms with Crippen LogP contribution >= 0.6 is 0 Å². The van der Waals surface area contributed by atoms with Crippen LogP contribution in [0.1, 0.15) is 16.1 Å². The van der Waals surface area contributed by atoms with Gasteiger partial charge in [0, 0.05) is 13.1 Å². The summed E-state index contributed by atoms with van der Waals surface area (Å²) in [4.78, 5) is 13.9. The third-order valence-corrected chi connectivity index (χ3v) is 4.26. The smallest absolute Gasteiger partial charge is 0.273 e. The number of aryl methyl sites for hydroxylation is 1. The third kappa shape index (κ3) is 2.47. The largest absolute Gasteiger partial charge is 0.379 e. The number of rotatable bonds is 2. The number of hydrogen-bond donors (Lipinski definition) is 3. The summed E-state index contributed by atoms with van der Waals surface area (Å²) in [5.74, 6) is -0.117. The lowest BCUT2D eigenvalue weighted by Gasteiger charge is -2.35. The zero-order chi connectivity index (χ0) is 16.7. The van der Waals surface area contributed by atoms with E-state index in [-0.39, 0.29) is 12.0 Å². The molecule has 4 rings (SSSR count). The van der Waals surface area contributed by atoms with Gasteiger partial charge in [0.15, 0.2) is 17.8 Å². The molecule has 1 atom stereocenters. The molecule has 9 nitrogen and oxygen atoms in total. The lowest BCUT2D eigenvalue weighted by Crippen LogP contribution is -2.51. The molecule has 24 heavy (non-hydrogen) atoms. The Labute approximate surface area is 138 Å². The molecular formula is C15H19N7O2.